The van der Waals surface area contributed by atoms with Gasteiger partial charge in [0.2, 0.25) is 5.88 Å². The number of hydrogen-bond acceptors (Lipinski definition) is 4. The van der Waals surface area contributed by atoms with Gasteiger partial charge in [-0.05, 0) is 19.9 Å². The number of nitrogens with zero attached hydrogens (tertiary/aromatic N) is 2. The van der Waals surface area contributed by atoms with Crippen LogP contribution < -0.4 is 10.1 Å². The zero-order valence-corrected chi connectivity index (χ0v) is 7.66. The summed E-state index contributed by atoms with van der Waals surface area (Å²) < 4.78 is 5.64. The highest BCUT2D eigenvalue weighted by molar-refractivity contribution is 5.12. The summed E-state index contributed by atoms with van der Waals surface area (Å²) in [6.07, 6.45) is 2.87. The second-order valence-corrected chi connectivity index (χ2v) is 3.23. The predicted octanol–water partition coefficient (Wildman–Crippen LogP) is 0.526. The van der Waals surface area contributed by atoms with Crippen molar-refractivity contribution < 1.29 is 4.74 Å². The molecule has 2 heterocycles. The van der Waals surface area contributed by atoms with Crippen LogP contribution in [-0.2, 0) is 0 Å². The van der Waals surface area contributed by atoms with Gasteiger partial charge < -0.3 is 10.1 Å². The maximum Gasteiger partial charge on any atom is 0.216 e. The molecule has 1 atom stereocenters. The molecule has 0 radical (unpaired) electrons. The summed E-state index contributed by atoms with van der Waals surface area (Å²) in [5, 5.41) is 3.24. The first kappa shape index (κ1) is 8.44. The fraction of sp³-hybridized carbons (Fsp3) is 0.556. The fourth-order valence-electron chi connectivity index (χ4n) is 1.39. The lowest BCUT2D eigenvalue weighted by molar-refractivity contribution is 0.213. The molecular formula is C9H13N3O. The van der Waals surface area contributed by atoms with E-state index in [1.807, 2.05) is 13.0 Å². The molecular weight excluding hydrogens is 166 g/mol. The van der Waals surface area contributed by atoms with Crippen molar-refractivity contribution in [2.24, 2.45) is 0 Å². The largest absolute Gasteiger partial charge is 0.473 e. The van der Waals surface area contributed by atoms with Crippen LogP contribution in [0.15, 0.2) is 12.4 Å². The zero-order chi connectivity index (χ0) is 9.10. The second-order valence-electron chi connectivity index (χ2n) is 3.23. The summed E-state index contributed by atoms with van der Waals surface area (Å²) in [6, 6.07) is 1.86. The average Bonchev–Trinajstić information content (AvgIpc) is 2.57. The number of hydrogen-bond donors (Lipinski definition) is 1. The van der Waals surface area contributed by atoms with Gasteiger partial charge in [-0.25, -0.2) is 9.97 Å². The van der Waals surface area contributed by atoms with Gasteiger partial charge in [0.15, 0.2) is 0 Å². The monoisotopic (exact) mass is 179 g/mol. The van der Waals surface area contributed by atoms with E-state index in [-0.39, 0.29) is 6.10 Å². The molecule has 4 heteroatoms. The van der Waals surface area contributed by atoms with Crippen molar-refractivity contribution in [3.63, 3.8) is 0 Å². The quantitative estimate of drug-likeness (QED) is 0.719. The van der Waals surface area contributed by atoms with Crippen LogP contribution in [0.5, 0.6) is 5.88 Å². The molecule has 1 aliphatic rings. The summed E-state index contributed by atoms with van der Waals surface area (Å²) >= 11 is 0. The molecule has 13 heavy (non-hydrogen) atoms. The molecule has 1 unspecified atom stereocenters. The summed E-state index contributed by atoms with van der Waals surface area (Å²) in [6.45, 7) is 3.89. The Morgan fingerprint density at radius 3 is 3.15 bits per heavy atom. The Morgan fingerprint density at radius 2 is 2.46 bits per heavy atom. The first-order valence-electron chi connectivity index (χ1n) is 4.50. The lowest BCUT2D eigenvalue weighted by Gasteiger charge is -2.10. The van der Waals surface area contributed by atoms with E-state index in [4.69, 9.17) is 4.74 Å². The normalized spacial score (nSPS) is 21.8. The molecule has 0 aromatic carbocycles. The highest BCUT2D eigenvalue weighted by Crippen LogP contribution is 2.11. The van der Waals surface area contributed by atoms with Crippen LogP contribution in [0.4, 0.5) is 0 Å². The van der Waals surface area contributed by atoms with Gasteiger partial charge in [-0.15, -0.1) is 0 Å². The average molecular weight is 179 g/mol. The molecule has 1 aromatic rings. The summed E-state index contributed by atoms with van der Waals surface area (Å²) in [7, 11) is 0. The molecule has 0 spiro atoms. The van der Waals surface area contributed by atoms with Crippen molar-refractivity contribution in [3.8, 4) is 5.88 Å². The Kier molecular flexibility index (Phi) is 2.40. The third-order valence-electron chi connectivity index (χ3n) is 2.08. The molecule has 1 aliphatic heterocycles. The van der Waals surface area contributed by atoms with E-state index < -0.39 is 0 Å². The van der Waals surface area contributed by atoms with E-state index in [1.165, 1.54) is 6.33 Å². The maximum atomic E-state index is 5.64. The summed E-state index contributed by atoms with van der Waals surface area (Å²) in [5.41, 5.74) is 0.941. The Balaban J connectivity index is 2.00. The number of ether oxygens (including phenoxy) is 1. The Morgan fingerprint density at radius 1 is 1.54 bits per heavy atom. The smallest absolute Gasteiger partial charge is 0.216 e. The molecule has 0 aliphatic carbocycles. The highest BCUT2D eigenvalue weighted by atomic mass is 16.5. The van der Waals surface area contributed by atoms with Gasteiger partial charge in [-0.1, -0.05) is 0 Å². The third kappa shape index (κ3) is 2.15. The van der Waals surface area contributed by atoms with Crippen molar-refractivity contribution in [1.29, 1.82) is 0 Å². The number of rotatable bonds is 2. The standard InChI is InChI=1S/C9H13N3O/c1-7-4-9(12-6-11-7)13-8-2-3-10-5-8/h4,6,8,10H,2-3,5H2,1H3. The lowest BCUT2D eigenvalue weighted by Crippen LogP contribution is -2.20. The van der Waals surface area contributed by atoms with Crippen molar-refractivity contribution in [2.75, 3.05) is 13.1 Å². The zero-order valence-electron chi connectivity index (χ0n) is 7.66. The van der Waals surface area contributed by atoms with Crippen molar-refractivity contribution in [3.05, 3.63) is 18.1 Å². The van der Waals surface area contributed by atoms with Crippen LogP contribution in [0.2, 0.25) is 0 Å². The van der Waals surface area contributed by atoms with E-state index in [0.29, 0.717) is 5.88 Å². The van der Waals surface area contributed by atoms with Crippen LogP contribution in [-0.4, -0.2) is 29.2 Å². The van der Waals surface area contributed by atoms with Gasteiger partial charge in [0.1, 0.15) is 12.4 Å². The Bertz CT molecular complexity index is 284. The topological polar surface area (TPSA) is 47.0 Å². The lowest BCUT2D eigenvalue weighted by atomic mass is 10.3. The van der Waals surface area contributed by atoms with E-state index in [9.17, 15) is 0 Å². The molecule has 1 aromatic heterocycles. The molecule has 0 amide bonds. The summed E-state index contributed by atoms with van der Waals surface area (Å²) in [5.74, 6) is 0.682. The molecule has 70 valence electrons. The van der Waals surface area contributed by atoms with E-state index in [0.717, 1.165) is 25.2 Å². The van der Waals surface area contributed by atoms with Gasteiger partial charge >= 0.3 is 0 Å². The van der Waals surface area contributed by atoms with E-state index >= 15 is 0 Å². The van der Waals surface area contributed by atoms with Gasteiger partial charge in [0, 0.05) is 18.3 Å². The minimum Gasteiger partial charge on any atom is -0.473 e. The van der Waals surface area contributed by atoms with Gasteiger partial charge in [0.05, 0.1) is 0 Å². The third-order valence-corrected chi connectivity index (χ3v) is 2.08. The van der Waals surface area contributed by atoms with Crippen LogP contribution in [0.1, 0.15) is 12.1 Å². The van der Waals surface area contributed by atoms with Crippen LogP contribution in [0, 0.1) is 6.92 Å². The number of aryl methyl sites for hydroxylation is 1. The molecule has 1 fully saturated rings. The SMILES string of the molecule is Cc1cc(OC2CCNC2)ncn1. The first-order chi connectivity index (χ1) is 6.34. The van der Waals surface area contributed by atoms with Crippen LogP contribution >= 0.6 is 0 Å². The Labute approximate surface area is 77.4 Å². The highest BCUT2D eigenvalue weighted by Gasteiger charge is 2.16. The predicted molar refractivity (Wildman–Crippen MR) is 48.7 cm³/mol. The van der Waals surface area contributed by atoms with Gasteiger partial charge in [0.25, 0.3) is 0 Å². The second kappa shape index (κ2) is 3.70. The number of aromatic nitrogens is 2. The van der Waals surface area contributed by atoms with Crippen LogP contribution in [0.3, 0.4) is 0 Å². The van der Waals surface area contributed by atoms with Crippen molar-refractivity contribution >= 4 is 0 Å². The molecule has 2 rings (SSSR count). The number of nitrogens with one attached hydrogen (secondary N) is 1. The Hall–Kier alpha value is -1.16. The summed E-state index contributed by atoms with van der Waals surface area (Å²) in [4.78, 5) is 8.05. The van der Waals surface area contributed by atoms with Gasteiger partial charge in [-0.2, -0.15) is 0 Å². The van der Waals surface area contributed by atoms with Crippen molar-refractivity contribution in [1.82, 2.24) is 15.3 Å². The minimum atomic E-state index is 0.272. The molecule has 1 saturated heterocycles. The van der Waals surface area contributed by atoms with E-state index in [2.05, 4.69) is 15.3 Å². The fourth-order valence-corrected chi connectivity index (χ4v) is 1.39. The van der Waals surface area contributed by atoms with E-state index in [1.54, 1.807) is 0 Å². The molecule has 4 nitrogen and oxygen atoms in total. The first-order valence-corrected chi connectivity index (χ1v) is 4.50. The van der Waals surface area contributed by atoms with Crippen molar-refractivity contribution in [2.45, 2.75) is 19.4 Å². The minimum absolute atomic E-state index is 0.272. The molecule has 0 bridgehead atoms. The molecule has 1 N–H and O–H groups in total. The van der Waals surface area contributed by atoms with Crippen LogP contribution in [0.25, 0.3) is 0 Å². The maximum absolute atomic E-state index is 5.64. The van der Waals surface area contributed by atoms with Gasteiger partial charge in [-0.3, -0.25) is 0 Å². The molecule has 0 saturated carbocycles.